The van der Waals surface area contributed by atoms with Gasteiger partial charge in [-0.05, 0) is 37.4 Å². The average Bonchev–Trinajstić information content (AvgIpc) is 2.90. The molecule has 3 aliphatic rings. The maximum atomic E-state index is 11.4. The summed E-state index contributed by atoms with van der Waals surface area (Å²) in [6.45, 7) is 2.19. The van der Waals surface area contributed by atoms with Crippen LogP contribution in [0.2, 0.25) is 0 Å². The number of fused-ring (bicyclic) bond motifs is 3. The zero-order valence-corrected chi connectivity index (χ0v) is 13.2. The molecule has 0 saturated carbocycles. The molecule has 1 saturated heterocycles. The normalized spacial score (nSPS) is 32.7. The predicted molar refractivity (Wildman–Crippen MR) is 88.2 cm³/mol. The lowest BCUT2D eigenvalue weighted by Crippen LogP contribution is -2.53. The quantitative estimate of drug-likeness (QED) is 0.868. The number of hydrogen-bond acceptors (Lipinski definition) is 3. The molecule has 3 aliphatic heterocycles. The second-order valence-corrected chi connectivity index (χ2v) is 7.46. The Hall–Kier alpha value is -1.65. The van der Waals surface area contributed by atoms with E-state index in [1.807, 2.05) is 0 Å². The summed E-state index contributed by atoms with van der Waals surface area (Å²) in [5.74, 6) is 0. The number of aldehydes is 1. The van der Waals surface area contributed by atoms with Gasteiger partial charge in [0.15, 0.2) is 0 Å². The van der Waals surface area contributed by atoms with Gasteiger partial charge in [0.25, 0.3) is 0 Å². The topological polar surface area (TPSA) is 45.5 Å². The van der Waals surface area contributed by atoms with Crippen molar-refractivity contribution in [2.24, 2.45) is 5.41 Å². The molecule has 4 heterocycles. The molecule has 1 fully saturated rings. The first-order chi connectivity index (χ1) is 11.2. The van der Waals surface area contributed by atoms with Gasteiger partial charge in [0.05, 0.1) is 11.6 Å². The lowest BCUT2D eigenvalue weighted by Gasteiger charge is -2.55. The lowest BCUT2D eigenvalue weighted by atomic mass is 9.64. The number of aliphatic hydroxyl groups excluding tert-OH is 1. The number of benzene rings is 1. The van der Waals surface area contributed by atoms with Gasteiger partial charge in [0.2, 0.25) is 0 Å². The van der Waals surface area contributed by atoms with Gasteiger partial charge in [-0.15, -0.1) is 0 Å². The summed E-state index contributed by atoms with van der Waals surface area (Å²) >= 11 is 0. The van der Waals surface area contributed by atoms with E-state index in [0.717, 1.165) is 44.2 Å². The molecule has 0 bridgehead atoms. The Morgan fingerprint density at radius 2 is 2.17 bits per heavy atom. The van der Waals surface area contributed by atoms with Gasteiger partial charge in [0, 0.05) is 35.9 Å². The monoisotopic (exact) mass is 310 g/mol. The second kappa shape index (κ2) is 4.68. The fourth-order valence-corrected chi connectivity index (χ4v) is 5.61. The molecule has 3 atom stereocenters. The first kappa shape index (κ1) is 13.8. The number of para-hydroxylation sites is 1. The van der Waals surface area contributed by atoms with Crippen molar-refractivity contribution >= 4 is 17.2 Å². The van der Waals surface area contributed by atoms with E-state index in [0.29, 0.717) is 18.9 Å². The zero-order chi connectivity index (χ0) is 15.6. The summed E-state index contributed by atoms with van der Waals surface area (Å²) in [6, 6.07) is 8.74. The fourth-order valence-electron chi connectivity index (χ4n) is 5.61. The first-order valence-corrected chi connectivity index (χ1v) is 8.73. The third-order valence-electron chi connectivity index (χ3n) is 6.41. The van der Waals surface area contributed by atoms with Crippen LogP contribution in [0.15, 0.2) is 24.3 Å². The van der Waals surface area contributed by atoms with Gasteiger partial charge in [-0.1, -0.05) is 18.2 Å². The Balaban J connectivity index is 1.83. The molecule has 0 radical (unpaired) electrons. The summed E-state index contributed by atoms with van der Waals surface area (Å²) in [5, 5.41) is 12.2. The third kappa shape index (κ3) is 1.65. The highest BCUT2D eigenvalue weighted by Gasteiger charge is 2.53. The van der Waals surface area contributed by atoms with Gasteiger partial charge in [-0.2, -0.15) is 0 Å². The molecule has 4 heteroatoms. The van der Waals surface area contributed by atoms with E-state index in [1.165, 1.54) is 16.6 Å². The summed E-state index contributed by atoms with van der Waals surface area (Å²) < 4.78 is 2.16. The smallest absolute Gasteiger partial charge is 0.131 e. The van der Waals surface area contributed by atoms with Crippen molar-refractivity contribution in [1.29, 1.82) is 0 Å². The van der Waals surface area contributed by atoms with Crippen LogP contribution in [0, 0.1) is 5.41 Å². The standard InChI is InChI=1S/C19H22N2O2/c22-11-8-19-7-3-9-20-10-6-14-13-4-1-2-5-15(13)21(16(23)12-19)17(14)18(19)20/h1-2,4-5,11,16,18,23H,3,6-10,12H2/t16-,18+,19-/m1/s1. The van der Waals surface area contributed by atoms with E-state index in [2.05, 4.69) is 33.7 Å². The molecule has 5 rings (SSSR count). The van der Waals surface area contributed by atoms with Crippen molar-refractivity contribution in [2.75, 3.05) is 13.1 Å². The van der Waals surface area contributed by atoms with Gasteiger partial charge in [-0.25, -0.2) is 0 Å². The van der Waals surface area contributed by atoms with E-state index < -0.39 is 6.23 Å². The number of carbonyl (C=O) groups excluding carboxylic acids is 1. The predicted octanol–water partition coefficient (Wildman–Crippen LogP) is 2.80. The van der Waals surface area contributed by atoms with E-state index in [-0.39, 0.29) is 5.41 Å². The van der Waals surface area contributed by atoms with Crippen LogP contribution in [0.3, 0.4) is 0 Å². The van der Waals surface area contributed by atoms with E-state index >= 15 is 0 Å². The molecule has 4 nitrogen and oxygen atoms in total. The van der Waals surface area contributed by atoms with Crippen LogP contribution in [0.4, 0.5) is 0 Å². The van der Waals surface area contributed by atoms with Gasteiger partial charge < -0.3 is 14.5 Å². The Kier molecular flexibility index (Phi) is 2.80. The molecule has 23 heavy (non-hydrogen) atoms. The molecule has 0 spiro atoms. The van der Waals surface area contributed by atoms with Crippen LogP contribution in [0.1, 0.15) is 49.2 Å². The van der Waals surface area contributed by atoms with E-state index in [1.54, 1.807) is 0 Å². The molecular formula is C19H22N2O2. The minimum absolute atomic E-state index is 0.0844. The molecule has 0 amide bonds. The molecule has 1 N–H and O–H groups in total. The van der Waals surface area contributed by atoms with Crippen molar-refractivity contribution < 1.29 is 9.90 Å². The Bertz CT molecular complexity index is 796. The highest BCUT2D eigenvalue weighted by Crippen LogP contribution is 2.58. The minimum atomic E-state index is -0.516. The summed E-state index contributed by atoms with van der Waals surface area (Å²) in [7, 11) is 0. The van der Waals surface area contributed by atoms with Crippen molar-refractivity contribution in [3.8, 4) is 0 Å². The van der Waals surface area contributed by atoms with Gasteiger partial charge in [0.1, 0.15) is 12.5 Å². The number of aromatic nitrogens is 1. The van der Waals surface area contributed by atoms with Crippen LogP contribution < -0.4 is 0 Å². The molecule has 0 unspecified atom stereocenters. The van der Waals surface area contributed by atoms with Gasteiger partial charge >= 0.3 is 0 Å². The number of rotatable bonds is 2. The van der Waals surface area contributed by atoms with E-state index in [4.69, 9.17) is 0 Å². The Morgan fingerprint density at radius 3 is 3.04 bits per heavy atom. The van der Waals surface area contributed by atoms with Crippen molar-refractivity contribution in [1.82, 2.24) is 9.47 Å². The highest BCUT2D eigenvalue weighted by atomic mass is 16.3. The van der Waals surface area contributed by atoms with E-state index in [9.17, 15) is 9.90 Å². The number of piperidine rings is 1. The van der Waals surface area contributed by atoms with Crippen LogP contribution in [0.25, 0.3) is 10.9 Å². The van der Waals surface area contributed by atoms with Crippen LogP contribution in [0.5, 0.6) is 0 Å². The average molecular weight is 310 g/mol. The van der Waals surface area contributed by atoms with Gasteiger partial charge in [-0.3, -0.25) is 4.90 Å². The first-order valence-electron chi connectivity index (χ1n) is 8.73. The second-order valence-electron chi connectivity index (χ2n) is 7.46. The molecule has 1 aromatic carbocycles. The summed E-state index contributed by atoms with van der Waals surface area (Å²) in [6.07, 6.45) is 5.03. The Labute approximate surface area is 135 Å². The molecule has 0 aliphatic carbocycles. The van der Waals surface area contributed by atoms with Crippen molar-refractivity contribution in [3.63, 3.8) is 0 Å². The SMILES string of the molecule is O=CC[C@]12CCCN3CCc4c(n(c5ccccc45)[C@H](O)C1)[C@H]32. The number of aliphatic hydroxyl groups is 1. The van der Waals surface area contributed by atoms with Crippen molar-refractivity contribution in [2.45, 2.75) is 44.4 Å². The molecular weight excluding hydrogens is 288 g/mol. The Morgan fingerprint density at radius 1 is 1.30 bits per heavy atom. The highest BCUT2D eigenvalue weighted by molar-refractivity contribution is 5.86. The molecule has 1 aromatic heterocycles. The third-order valence-corrected chi connectivity index (χ3v) is 6.41. The lowest BCUT2D eigenvalue weighted by molar-refractivity contribution is -0.119. The number of nitrogens with zero attached hydrogens (tertiary/aromatic N) is 2. The van der Waals surface area contributed by atoms with Crippen molar-refractivity contribution in [3.05, 3.63) is 35.5 Å². The molecule has 2 aromatic rings. The van der Waals surface area contributed by atoms with Crippen LogP contribution >= 0.6 is 0 Å². The largest absolute Gasteiger partial charge is 0.373 e. The summed E-state index contributed by atoms with van der Waals surface area (Å²) in [4.78, 5) is 14.0. The fraction of sp³-hybridized carbons (Fsp3) is 0.526. The molecule has 120 valence electrons. The minimum Gasteiger partial charge on any atom is -0.373 e. The zero-order valence-electron chi connectivity index (χ0n) is 13.2. The van der Waals surface area contributed by atoms with Crippen LogP contribution in [-0.4, -0.2) is 33.9 Å². The number of hydrogen-bond donors (Lipinski definition) is 1. The number of carbonyl (C=O) groups is 1. The summed E-state index contributed by atoms with van der Waals surface area (Å²) in [5.41, 5.74) is 3.76. The van der Waals surface area contributed by atoms with Crippen LogP contribution in [-0.2, 0) is 11.2 Å². The maximum Gasteiger partial charge on any atom is 0.131 e. The maximum absolute atomic E-state index is 11.4.